The second-order valence-corrected chi connectivity index (χ2v) is 7.53. The Morgan fingerprint density at radius 2 is 1.90 bits per heavy atom. The van der Waals surface area contributed by atoms with E-state index in [1.165, 1.54) is 23.4 Å². The number of sulfonamides is 1. The number of carbonyl (C=O) groups is 1. The van der Waals surface area contributed by atoms with Crippen molar-refractivity contribution in [2.45, 2.75) is 30.8 Å². The third-order valence-electron chi connectivity index (χ3n) is 3.61. The second-order valence-electron chi connectivity index (χ2n) is 5.48. The Kier molecular flexibility index (Phi) is 4.65. The van der Waals surface area contributed by atoms with Gasteiger partial charge in [0.1, 0.15) is 0 Å². The maximum atomic E-state index is 12.4. The number of nitrogens with one attached hydrogen (secondary N) is 1. The number of rotatable bonds is 5. The number of aliphatic hydroxyl groups excluding tert-OH is 1. The Morgan fingerprint density at radius 1 is 1.33 bits per heavy atom. The molecular formula is C14H20N2O4S. The number of hydrogen-bond acceptors (Lipinski definition) is 4. The van der Waals surface area contributed by atoms with Crippen molar-refractivity contribution in [2.75, 3.05) is 18.9 Å². The van der Waals surface area contributed by atoms with E-state index in [4.69, 9.17) is 0 Å². The molecule has 0 atom stereocenters. The van der Waals surface area contributed by atoms with E-state index < -0.39 is 10.0 Å². The summed E-state index contributed by atoms with van der Waals surface area (Å²) in [4.78, 5) is 11.1. The third-order valence-corrected chi connectivity index (χ3v) is 5.45. The number of nitrogens with zero attached hydrogens (tertiary/aromatic N) is 1. The van der Waals surface area contributed by atoms with Crippen LogP contribution in [-0.2, 0) is 14.8 Å². The monoisotopic (exact) mass is 312 g/mol. The topological polar surface area (TPSA) is 86.7 Å². The Bertz CT molecular complexity index is 606. The van der Waals surface area contributed by atoms with Crippen molar-refractivity contribution in [3.05, 3.63) is 24.3 Å². The van der Waals surface area contributed by atoms with Crippen LogP contribution in [-0.4, -0.2) is 43.4 Å². The van der Waals surface area contributed by atoms with Gasteiger partial charge in [0.15, 0.2) is 0 Å². The first-order valence-electron chi connectivity index (χ1n) is 6.81. The van der Waals surface area contributed by atoms with Crippen LogP contribution in [0.4, 0.5) is 5.69 Å². The average Bonchev–Trinajstić information content (AvgIpc) is 2.36. The Labute approximate surface area is 124 Å². The van der Waals surface area contributed by atoms with E-state index in [0.717, 1.165) is 0 Å². The molecule has 1 amide bonds. The summed E-state index contributed by atoms with van der Waals surface area (Å²) >= 11 is 0. The quantitative estimate of drug-likeness (QED) is 0.850. The third kappa shape index (κ3) is 3.81. The van der Waals surface area contributed by atoms with Gasteiger partial charge in [-0.2, -0.15) is 0 Å². The molecule has 7 heteroatoms. The largest absolute Gasteiger partial charge is 0.393 e. The van der Waals surface area contributed by atoms with Crippen molar-refractivity contribution in [2.24, 2.45) is 5.92 Å². The molecule has 21 heavy (non-hydrogen) atoms. The molecule has 0 radical (unpaired) electrons. The first kappa shape index (κ1) is 15.9. The fourth-order valence-corrected chi connectivity index (χ4v) is 3.65. The number of amides is 1. The van der Waals surface area contributed by atoms with E-state index in [-0.39, 0.29) is 22.8 Å². The van der Waals surface area contributed by atoms with Crippen molar-refractivity contribution in [1.82, 2.24) is 4.31 Å². The molecule has 0 aromatic heterocycles. The molecule has 2 rings (SSSR count). The van der Waals surface area contributed by atoms with Crippen molar-refractivity contribution < 1.29 is 18.3 Å². The predicted octanol–water partition coefficient (Wildman–Crippen LogP) is 1.04. The molecule has 0 bridgehead atoms. The highest BCUT2D eigenvalue weighted by Crippen LogP contribution is 2.29. The number of carbonyl (C=O) groups excluding carboxylic acids is 1. The Hall–Kier alpha value is -1.44. The summed E-state index contributed by atoms with van der Waals surface area (Å²) in [5.41, 5.74) is 0.561. The van der Waals surface area contributed by atoms with Crippen molar-refractivity contribution in [3.63, 3.8) is 0 Å². The zero-order valence-electron chi connectivity index (χ0n) is 12.1. The van der Waals surface area contributed by atoms with Gasteiger partial charge in [0.2, 0.25) is 15.9 Å². The number of aliphatic hydroxyl groups is 1. The van der Waals surface area contributed by atoms with E-state index in [9.17, 15) is 18.3 Å². The summed E-state index contributed by atoms with van der Waals surface area (Å²) in [5, 5.41) is 11.8. The van der Waals surface area contributed by atoms with Gasteiger partial charge in [-0.25, -0.2) is 12.7 Å². The highest BCUT2D eigenvalue weighted by Gasteiger charge is 2.31. The van der Waals surface area contributed by atoms with Gasteiger partial charge in [-0.1, -0.05) is 0 Å². The van der Waals surface area contributed by atoms with Crippen LogP contribution in [0.2, 0.25) is 0 Å². The maximum Gasteiger partial charge on any atom is 0.242 e. The lowest BCUT2D eigenvalue weighted by atomic mass is 9.82. The Balaban J connectivity index is 2.05. The summed E-state index contributed by atoms with van der Waals surface area (Å²) in [6.07, 6.45) is 1.02. The van der Waals surface area contributed by atoms with Gasteiger partial charge in [-0.3, -0.25) is 4.79 Å². The van der Waals surface area contributed by atoms with E-state index in [1.807, 2.05) is 0 Å². The summed E-state index contributed by atoms with van der Waals surface area (Å²) < 4.78 is 26.1. The van der Waals surface area contributed by atoms with Crippen LogP contribution < -0.4 is 5.32 Å². The van der Waals surface area contributed by atoms with E-state index in [2.05, 4.69) is 5.32 Å². The van der Waals surface area contributed by atoms with E-state index in [1.54, 1.807) is 19.2 Å². The van der Waals surface area contributed by atoms with Gasteiger partial charge in [0.05, 0.1) is 11.0 Å². The standard InChI is InChI=1S/C14H20N2O4S/c1-10(17)15-12-3-5-14(6-4-12)21(19,20)16(2)9-11-7-13(18)8-11/h3-6,11,13,18H,7-9H2,1-2H3,(H,15,17). The van der Waals surface area contributed by atoms with Crippen LogP contribution in [0.5, 0.6) is 0 Å². The lowest BCUT2D eigenvalue weighted by Crippen LogP contribution is -2.39. The van der Waals surface area contributed by atoms with Gasteiger partial charge in [-0.05, 0) is 43.0 Å². The lowest BCUT2D eigenvalue weighted by molar-refractivity contribution is -0.114. The smallest absolute Gasteiger partial charge is 0.242 e. The van der Waals surface area contributed by atoms with Gasteiger partial charge < -0.3 is 10.4 Å². The molecular weight excluding hydrogens is 292 g/mol. The zero-order valence-corrected chi connectivity index (χ0v) is 12.9. The van der Waals surface area contributed by atoms with Crippen molar-refractivity contribution >= 4 is 21.6 Å². The molecule has 1 saturated carbocycles. The Morgan fingerprint density at radius 3 is 2.38 bits per heavy atom. The number of hydrogen-bond donors (Lipinski definition) is 2. The second kappa shape index (κ2) is 6.13. The maximum absolute atomic E-state index is 12.4. The minimum atomic E-state index is -3.53. The molecule has 0 saturated heterocycles. The van der Waals surface area contributed by atoms with Crippen LogP contribution in [0.1, 0.15) is 19.8 Å². The number of anilines is 1. The normalized spacial score (nSPS) is 21.9. The molecule has 116 valence electrons. The summed E-state index contributed by atoms with van der Waals surface area (Å²) in [6.45, 7) is 1.80. The summed E-state index contributed by atoms with van der Waals surface area (Å²) in [5.74, 6) is 0.0182. The number of benzene rings is 1. The average molecular weight is 312 g/mol. The van der Waals surface area contributed by atoms with Gasteiger partial charge in [0.25, 0.3) is 0 Å². The molecule has 0 spiro atoms. The van der Waals surface area contributed by atoms with Crippen LogP contribution in [0.3, 0.4) is 0 Å². The zero-order chi connectivity index (χ0) is 15.6. The van der Waals surface area contributed by atoms with Crippen LogP contribution in [0, 0.1) is 5.92 Å². The molecule has 0 heterocycles. The molecule has 2 N–H and O–H groups in total. The molecule has 1 aliphatic carbocycles. The molecule has 6 nitrogen and oxygen atoms in total. The van der Waals surface area contributed by atoms with Crippen LogP contribution in [0.25, 0.3) is 0 Å². The molecule has 1 fully saturated rings. The molecule has 1 aromatic carbocycles. The fourth-order valence-electron chi connectivity index (χ4n) is 2.40. The SMILES string of the molecule is CC(=O)Nc1ccc(S(=O)(=O)N(C)CC2CC(O)C2)cc1. The first-order chi connectivity index (χ1) is 9.79. The van der Waals surface area contributed by atoms with E-state index >= 15 is 0 Å². The summed E-state index contributed by atoms with van der Waals surface area (Å²) in [6, 6.07) is 6.09. The fraction of sp³-hybridized carbons (Fsp3) is 0.500. The highest BCUT2D eigenvalue weighted by molar-refractivity contribution is 7.89. The molecule has 0 aliphatic heterocycles. The minimum Gasteiger partial charge on any atom is -0.393 e. The molecule has 1 aromatic rings. The van der Waals surface area contributed by atoms with E-state index in [0.29, 0.717) is 25.1 Å². The van der Waals surface area contributed by atoms with Crippen LogP contribution in [0.15, 0.2) is 29.2 Å². The minimum absolute atomic E-state index is 0.193. The van der Waals surface area contributed by atoms with Gasteiger partial charge in [0, 0.05) is 26.2 Å². The molecule has 1 aliphatic rings. The van der Waals surface area contributed by atoms with Gasteiger partial charge >= 0.3 is 0 Å². The summed E-state index contributed by atoms with van der Waals surface area (Å²) in [7, 11) is -1.99. The van der Waals surface area contributed by atoms with Crippen LogP contribution >= 0.6 is 0 Å². The van der Waals surface area contributed by atoms with Crippen molar-refractivity contribution in [3.8, 4) is 0 Å². The predicted molar refractivity (Wildman–Crippen MR) is 79.3 cm³/mol. The lowest BCUT2D eigenvalue weighted by Gasteiger charge is -2.34. The van der Waals surface area contributed by atoms with Crippen molar-refractivity contribution in [1.29, 1.82) is 0 Å². The molecule has 0 unspecified atom stereocenters. The highest BCUT2D eigenvalue weighted by atomic mass is 32.2. The first-order valence-corrected chi connectivity index (χ1v) is 8.25. The van der Waals surface area contributed by atoms with Gasteiger partial charge in [-0.15, -0.1) is 0 Å².